The highest BCUT2D eigenvalue weighted by Gasteiger charge is 2.33. The van der Waals surface area contributed by atoms with Crippen LogP contribution in [0.3, 0.4) is 0 Å². The van der Waals surface area contributed by atoms with Crippen molar-refractivity contribution in [2.24, 2.45) is 5.92 Å². The van der Waals surface area contributed by atoms with Gasteiger partial charge in [0, 0.05) is 31.7 Å². The van der Waals surface area contributed by atoms with Crippen LogP contribution in [0.25, 0.3) is 6.08 Å². The fraction of sp³-hybridized carbons (Fsp3) is 0.630. The number of piperidine rings is 1. The van der Waals surface area contributed by atoms with Crippen LogP contribution in [0.1, 0.15) is 88.8 Å². The largest absolute Gasteiger partial charge is 0.357 e. The number of carbonyl (C=O) groups excluding carboxylic acids is 1. The van der Waals surface area contributed by atoms with E-state index >= 15 is 0 Å². The van der Waals surface area contributed by atoms with Crippen molar-refractivity contribution < 1.29 is 4.79 Å². The molecule has 0 bridgehead atoms. The topological polar surface area (TPSA) is 69.3 Å². The summed E-state index contributed by atoms with van der Waals surface area (Å²) in [5.74, 6) is 1.27. The molecule has 1 unspecified atom stereocenters. The minimum Gasteiger partial charge on any atom is -0.357 e. The second-order valence-corrected chi connectivity index (χ2v) is 11.4. The first kappa shape index (κ1) is 27.5. The average Bonchev–Trinajstić information content (AvgIpc) is 3.10. The van der Waals surface area contributed by atoms with Crippen molar-refractivity contribution >= 4 is 46.1 Å². The van der Waals surface area contributed by atoms with Crippen LogP contribution >= 0.6 is 24.0 Å². The van der Waals surface area contributed by atoms with Crippen molar-refractivity contribution in [1.29, 1.82) is 5.26 Å². The van der Waals surface area contributed by atoms with Crippen LogP contribution in [0.5, 0.6) is 0 Å². The summed E-state index contributed by atoms with van der Waals surface area (Å²) in [5, 5.41) is 9.76. The molecule has 190 valence electrons. The normalized spacial score (nSPS) is 19.6. The van der Waals surface area contributed by atoms with E-state index in [1.54, 1.807) is 9.47 Å². The number of unbranched alkanes of at least 4 members (excludes halogenated alkanes) is 5. The SMILES string of the molecule is CCCCCCCCN1C(=O)/C(=C/c2c(C)c(C#N)c(=O)n(CC)c2N2CCCC(C)C2)SC1=S. The number of rotatable bonds is 10. The molecule has 2 aliphatic rings. The van der Waals surface area contributed by atoms with Gasteiger partial charge in [-0.05, 0) is 50.7 Å². The maximum atomic E-state index is 13.3. The van der Waals surface area contributed by atoms with Gasteiger partial charge in [0.25, 0.3) is 11.5 Å². The molecule has 8 heteroatoms. The van der Waals surface area contributed by atoms with Crippen LogP contribution in [0.4, 0.5) is 5.82 Å². The molecule has 6 nitrogen and oxygen atoms in total. The maximum Gasteiger partial charge on any atom is 0.270 e. The highest BCUT2D eigenvalue weighted by Crippen LogP contribution is 2.37. The fourth-order valence-corrected chi connectivity index (χ4v) is 6.32. The van der Waals surface area contributed by atoms with Crippen LogP contribution in [0.2, 0.25) is 0 Å². The first-order chi connectivity index (χ1) is 16.8. The van der Waals surface area contributed by atoms with Gasteiger partial charge in [-0.1, -0.05) is 69.9 Å². The Balaban J connectivity index is 1.96. The zero-order valence-electron chi connectivity index (χ0n) is 21.6. The zero-order valence-corrected chi connectivity index (χ0v) is 23.2. The van der Waals surface area contributed by atoms with Gasteiger partial charge in [-0.25, -0.2) is 0 Å². The number of nitriles is 1. The fourth-order valence-electron chi connectivity index (χ4n) is 5.03. The van der Waals surface area contributed by atoms with Gasteiger partial charge in [0.2, 0.25) is 0 Å². The van der Waals surface area contributed by atoms with Crippen molar-refractivity contribution in [3.8, 4) is 6.07 Å². The Hall–Kier alpha value is -2.11. The van der Waals surface area contributed by atoms with E-state index in [4.69, 9.17) is 12.2 Å². The summed E-state index contributed by atoms with van der Waals surface area (Å²) < 4.78 is 2.29. The van der Waals surface area contributed by atoms with E-state index in [9.17, 15) is 14.9 Å². The number of thiocarbonyl (C=S) groups is 1. The molecule has 1 aromatic rings. The minimum absolute atomic E-state index is 0.0707. The zero-order chi connectivity index (χ0) is 25.5. The lowest BCUT2D eigenvalue weighted by molar-refractivity contribution is -0.122. The maximum absolute atomic E-state index is 13.3. The first-order valence-corrected chi connectivity index (χ1v) is 14.2. The van der Waals surface area contributed by atoms with Crippen molar-refractivity contribution in [2.75, 3.05) is 24.5 Å². The molecule has 35 heavy (non-hydrogen) atoms. The quantitative estimate of drug-likeness (QED) is 0.222. The van der Waals surface area contributed by atoms with Gasteiger partial charge in [-0.15, -0.1) is 0 Å². The number of anilines is 1. The molecule has 3 rings (SSSR count). The third kappa shape index (κ3) is 6.18. The molecular weight excluding hydrogens is 476 g/mol. The second-order valence-electron chi connectivity index (χ2n) is 9.69. The Morgan fingerprint density at radius 2 is 1.89 bits per heavy atom. The number of carbonyl (C=O) groups is 1. The molecular formula is C27H38N4O2S2. The predicted molar refractivity (Wildman–Crippen MR) is 150 cm³/mol. The molecule has 0 aliphatic carbocycles. The molecule has 2 aliphatic heterocycles. The number of amides is 1. The third-order valence-corrected chi connectivity index (χ3v) is 8.38. The van der Waals surface area contributed by atoms with Crippen molar-refractivity contribution in [2.45, 2.75) is 85.6 Å². The van der Waals surface area contributed by atoms with E-state index in [2.05, 4.69) is 24.8 Å². The molecule has 0 saturated carbocycles. The van der Waals surface area contributed by atoms with E-state index in [1.807, 2.05) is 19.9 Å². The van der Waals surface area contributed by atoms with E-state index in [1.165, 1.54) is 37.4 Å². The average molecular weight is 515 g/mol. The lowest BCUT2D eigenvalue weighted by atomic mass is 9.98. The van der Waals surface area contributed by atoms with Gasteiger partial charge in [0.1, 0.15) is 21.8 Å². The Kier molecular flexibility index (Phi) is 9.99. The van der Waals surface area contributed by atoms with E-state index < -0.39 is 0 Å². The van der Waals surface area contributed by atoms with Crippen LogP contribution in [0, 0.1) is 24.2 Å². The number of thioether (sulfide) groups is 1. The summed E-state index contributed by atoms with van der Waals surface area (Å²) in [6.07, 6.45) is 11.0. The molecule has 2 saturated heterocycles. The Morgan fingerprint density at radius 3 is 2.54 bits per heavy atom. The summed E-state index contributed by atoms with van der Waals surface area (Å²) in [5.41, 5.74) is 1.32. The standard InChI is InChI=1S/C27H38N4O2S2/c1-5-7-8-9-10-11-15-31-26(33)23(35-27(31)34)16-21-20(4)22(17-28)25(32)30(6-2)24(21)29-14-12-13-19(3)18-29/h16,19H,5-15,18H2,1-4H3/b23-16-. The summed E-state index contributed by atoms with van der Waals surface area (Å²) >= 11 is 6.89. The van der Waals surface area contributed by atoms with Crippen LogP contribution in [-0.4, -0.2) is 39.3 Å². The molecule has 1 amide bonds. The molecule has 0 aromatic carbocycles. The van der Waals surface area contributed by atoms with E-state index in [0.29, 0.717) is 33.8 Å². The Labute approximate surface area is 219 Å². The highest BCUT2D eigenvalue weighted by molar-refractivity contribution is 8.26. The second kappa shape index (κ2) is 12.7. The van der Waals surface area contributed by atoms with Gasteiger partial charge in [0.15, 0.2) is 0 Å². The number of hydrogen-bond acceptors (Lipinski definition) is 6. The van der Waals surface area contributed by atoms with Crippen LogP contribution < -0.4 is 10.5 Å². The lowest BCUT2D eigenvalue weighted by Crippen LogP contribution is -2.40. The lowest BCUT2D eigenvalue weighted by Gasteiger charge is -2.35. The highest BCUT2D eigenvalue weighted by atomic mass is 32.2. The van der Waals surface area contributed by atoms with E-state index in [0.717, 1.165) is 50.2 Å². The monoisotopic (exact) mass is 514 g/mol. The van der Waals surface area contributed by atoms with Crippen molar-refractivity contribution in [1.82, 2.24) is 9.47 Å². The number of nitrogens with zero attached hydrogens (tertiary/aromatic N) is 4. The summed E-state index contributed by atoms with van der Waals surface area (Å²) in [7, 11) is 0. The van der Waals surface area contributed by atoms with Crippen molar-refractivity contribution in [3.05, 3.63) is 31.9 Å². The van der Waals surface area contributed by atoms with Gasteiger partial charge in [0.05, 0.1) is 4.91 Å². The number of pyridine rings is 1. The first-order valence-electron chi connectivity index (χ1n) is 13.0. The molecule has 0 spiro atoms. The molecule has 0 N–H and O–H groups in total. The number of aromatic nitrogens is 1. The predicted octanol–water partition coefficient (Wildman–Crippen LogP) is 5.85. The van der Waals surface area contributed by atoms with E-state index in [-0.39, 0.29) is 17.0 Å². The Morgan fingerprint density at radius 1 is 1.17 bits per heavy atom. The minimum atomic E-state index is -0.256. The van der Waals surface area contributed by atoms with Gasteiger partial charge < -0.3 is 4.90 Å². The number of hydrogen-bond donors (Lipinski definition) is 0. The summed E-state index contributed by atoms with van der Waals surface area (Å²) in [6.45, 7) is 11.0. The summed E-state index contributed by atoms with van der Waals surface area (Å²) in [4.78, 5) is 31.0. The third-order valence-electron chi connectivity index (χ3n) is 7.00. The smallest absolute Gasteiger partial charge is 0.270 e. The van der Waals surface area contributed by atoms with Gasteiger partial charge >= 0.3 is 0 Å². The van der Waals surface area contributed by atoms with Gasteiger partial charge in [-0.2, -0.15) is 5.26 Å². The van der Waals surface area contributed by atoms with Crippen molar-refractivity contribution in [3.63, 3.8) is 0 Å². The Bertz CT molecular complexity index is 1090. The van der Waals surface area contributed by atoms with Gasteiger partial charge in [-0.3, -0.25) is 19.1 Å². The molecule has 1 atom stereocenters. The molecule has 1 aromatic heterocycles. The van der Waals surface area contributed by atoms with Crippen LogP contribution in [0.15, 0.2) is 9.70 Å². The molecule has 3 heterocycles. The van der Waals surface area contributed by atoms with Crippen LogP contribution in [-0.2, 0) is 11.3 Å². The molecule has 0 radical (unpaired) electrons. The molecule has 2 fully saturated rings. The summed E-state index contributed by atoms with van der Waals surface area (Å²) in [6, 6.07) is 2.11.